The number of benzene rings is 1. The zero-order valence-electron chi connectivity index (χ0n) is 16.2. The van der Waals surface area contributed by atoms with Crippen LogP contribution in [0.5, 0.6) is 0 Å². The summed E-state index contributed by atoms with van der Waals surface area (Å²) in [4.78, 5) is 19.3. The van der Waals surface area contributed by atoms with Crippen molar-refractivity contribution in [1.82, 2.24) is 19.0 Å². The van der Waals surface area contributed by atoms with Crippen LogP contribution in [0.15, 0.2) is 48.9 Å². The standard InChI is InChI=1S/C22H28N4O/c1-17(2)22-23-10-14-26(22)15-18-7-11-24(12-8-18)21(27)16-25-13-9-19-5-3-4-6-20(19)25/h3-6,9-10,13-14,17-18H,7-8,11-12,15-16H2,1-2H3. The zero-order valence-corrected chi connectivity index (χ0v) is 16.2. The van der Waals surface area contributed by atoms with Crippen LogP contribution >= 0.6 is 0 Å². The minimum Gasteiger partial charge on any atom is -0.341 e. The minimum atomic E-state index is 0.223. The predicted octanol–water partition coefficient (Wildman–Crippen LogP) is 3.90. The van der Waals surface area contributed by atoms with Crippen molar-refractivity contribution in [3.8, 4) is 0 Å². The third-order valence-electron chi connectivity index (χ3n) is 5.67. The molecule has 1 aromatic carbocycles. The molecule has 1 aliphatic heterocycles. The van der Waals surface area contributed by atoms with Crippen molar-refractivity contribution in [3.63, 3.8) is 0 Å². The fraction of sp³-hybridized carbons (Fsp3) is 0.455. The summed E-state index contributed by atoms with van der Waals surface area (Å²) in [5.74, 6) is 2.44. The van der Waals surface area contributed by atoms with Gasteiger partial charge in [-0.25, -0.2) is 4.98 Å². The highest BCUT2D eigenvalue weighted by atomic mass is 16.2. The van der Waals surface area contributed by atoms with E-state index < -0.39 is 0 Å². The smallest absolute Gasteiger partial charge is 0.242 e. The van der Waals surface area contributed by atoms with Gasteiger partial charge in [-0.15, -0.1) is 0 Å². The van der Waals surface area contributed by atoms with Crippen LogP contribution in [0.3, 0.4) is 0 Å². The van der Waals surface area contributed by atoms with E-state index in [9.17, 15) is 4.79 Å². The topological polar surface area (TPSA) is 43.1 Å². The van der Waals surface area contributed by atoms with Crippen molar-refractivity contribution in [2.45, 2.75) is 45.7 Å². The molecule has 3 aromatic rings. The average molecular weight is 364 g/mol. The van der Waals surface area contributed by atoms with Crippen molar-refractivity contribution < 1.29 is 4.79 Å². The van der Waals surface area contributed by atoms with E-state index in [0.717, 1.165) is 43.8 Å². The molecule has 1 saturated heterocycles. The number of imidazole rings is 1. The molecule has 1 aliphatic rings. The molecular formula is C22H28N4O. The fourth-order valence-electron chi connectivity index (χ4n) is 4.14. The summed E-state index contributed by atoms with van der Waals surface area (Å²) >= 11 is 0. The number of rotatable bonds is 5. The van der Waals surface area contributed by atoms with Gasteiger partial charge in [-0.3, -0.25) is 4.79 Å². The Bertz CT molecular complexity index is 915. The van der Waals surface area contributed by atoms with Crippen LogP contribution in [-0.4, -0.2) is 38.0 Å². The number of hydrogen-bond acceptors (Lipinski definition) is 2. The van der Waals surface area contributed by atoms with Crippen molar-refractivity contribution in [1.29, 1.82) is 0 Å². The summed E-state index contributed by atoms with van der Waals surface area (Å²) in [5.41, 5.74) is 1.13. The minimum absolute atomic E-state index is 0.223. The number of piperidine rings is 1. The number of carbonyl (C=O) groups excluding carboxylic acids is 1. The van der Waals surface area contributed by atoms with E-state index in [-0.39, 0.29) is 5.91 Å². The number of fused-ring (bicyclic) bond motifs is 1. The summed E-state index contributed by atoms with van der Waals surface area (Å²) < 4.78 is 4.35. The summed E-state index contributed by atoms with van der Waals surface area (Å²) in [7, 11) is 0. The quantitative estimate of drug-likeness (QED) is 0.689. The normalized spacial score (nSPS) is 15.7. The molecule has 0 radical (unpaired) electrons. The lowest BCUT2D eigenvalue weighted by molar-refractivity contribution is -0.133. The molecule has 0 unspecified atom stereocenters. The van der Waals surface area contributed by atoms with Crippen LogP contribution in [0.4, 0.5) is 0 Å². The van der Waals surface area contributed by atoms with E-state index in [0.29, 0.717) is 18.4 Å². The second-order valence-electron chi connectivity index (χ2n) is 7.92. The number of para-hydroxylation sites is 1. The van der Waals surface area contributed by atoms with E-state index in [1.807, 2.05) is 29.4 Å². The van der Waals surface area contributed by atoms with Crippen LogP contribution < -0.4 is 0 Å². The Balaban J connectivity index is 1.33. The van der Waals surface area contributed by atoms with Gasteiger partial charge in [-0.1, -0.05) is 32.0 Å². The van der Waals surface area contributed by atoms with Gasteiger partial charge in [0.25, 0.3) is 0 Å². The number of hydrogen-bond donors (Lipinski definition) is 0. The largest absolute Gasteiger partial charge is 0.341 e. The van der Waals surface area contributed by atoms with Crippen LogP contribution in [0.1, 0.15) is 38.4 Å². The lowest BCUT2D eigenvalue weighted by atomic mass is 9.96. The number of aromatic nitrogens is 3. The summed E-state index contributed by atoms with van der Waals surface area (Å²) in [6, 6.07) is 10.3. The number of nitrogens with zero attached hydrogens (tertiary/aromatic N) is 4. The maximum absolute atomic E-state index is 12.8. The lowest BCUT2D eigenvalue weighted by Gasteiger charge is -2.32. The molecule has 0 bridgehead atoms. The summed E-state index contributed by atoms with van der Waals surface area (Å²) in [6.07, 6.45) is 8.13. The molecule has 1 fully saturated rings. The molecule has 4 rings (SSSR count). The van der Waals surface area contributed by atoms with Crippen molar-refractivity contribution >= 4 is 16.8 Å². The lowest BCUT2D eigenvalue weighted by Crippen LogP contribution is -2.41. The Hall–Kier alpha value is -2.56. The van der Waals surface area contributed by atoms with Crippen LogP contribution in [0.2, 0.25) is 0 Å². The average Bonchev–Trinajstić information content (AvgIpc) is 3.30. The molecule has 0 saturated carbocycles. The summed E-state index contributed by atoms with van der Waals surface area (Å²) in [6.45, 7) is 7.52. The molecule has 2 aromatic heterocycles. The highest BCUT2D eigenvalue weighted by Gasteiger charge is 2.24. The van der Waals surface area contributed by atoms with Crippen molar-refractivity contribution in [2.75, 3.05) is 13.1 Å². The Morgan fingerprint density at radius 3 is 2.67 bits per heavy atom. The predicted molar refractivity (Wildman–Crippen MR) is 108 cm³/mol. The number of likely N-dealkylation sites (tertiary alicyclic amines) is 1. The van der Waals surface area contributed by atoms with Gasteiger partial charge < -0.3 is 14.0 Å². The first-order chi connectivity index (χ1) is 13.1. The molecule has 1 amide bonds. The van der Waals surface area contributed by atoms with Crippen LogP contribution in [0.25, 0.3) is 10.9 Å². The molecular weight excluding hydrogens is 336 g/mol. The molecule has 5 heteroatoms. The van der Waals surface area contributed by atoms with Gasteiger partial charge in [0.1, 0.15) is 12.4 Å². The van der Waals surface area contributed by atoms with Gasteiger partial charge in [0.05, 0.1) is 0 Å². The molecule has 0 spiro atoms. The molecule has 0 N–H and O–H groups in total. The van der Waals surface area contributed by atoms with Gasteiger partial charge in [0.2, 0.25) is 5.91 Å². The fourth-order valence-corrected chi connectivity index (χ4v) is 4.14. The Morgan fingerprint density at radius 1 is 1.11 bits per heavy atom. The number of amides is 1. The van der Waals surface area contributed by atoms with Gasteiger partial charge in [0, 0.05) is 49.7 Å². The van der Waals surface area contributed by atoms with Gasteiger partial charge in [0.15, 0.2) is 0 Å². The van der Waals surface area contributed by atoms with Crippen molar-refractivity contribution in [2.24, 2.45) is 5.92 Å². The first-order valence-electron chi connectivity index (χ1n) is 9.94. The van der Waals surface area contributed by atoms with Gasteiger partial charge in [-0.05, 0) is 36.3 Å². The molecule has 142 valence electrons. The van der Waals surface area contributed by atoms with Crippen LogP contribution in [-0.2, 0) is 17.9 Å². The van der Waals surface area contributed by atoms with Gasteiger partial charge in [-0.2, -0.15) is 0 Å². The number of carbonyl (C=O) groups is 1. The third kappa shape index (κ3) is 3.77. The third-order valence-corrected chi connectivity index (χ3v) is 5.67. The Kier molecular flexibility index (Phi) is 5.01. The Morgan fingerprint density at radius 2 is 1.89 bits per heavy atom. The van der Waals surface area contributed by atoms with E-state index in [4.69, 9.17) is 0 Å². The first-order valence-corrected chi connectivity index (χ1v) is 9.94. The highest BCUT2D eigenvalue weighted by molar-refractivity contribution is 5.83. The van der Waals surface area contributed by atoms with Crippen molar-refractivity contribution in [3.05, 3.63) is 54.7 Å². The van der Waals surface area contributed by atoms with E-state index in [2.05, 4.69) is 52.4 Å². The van der Waals surface area contributed by atoms with E-state index in [1.165, 1.54) is 5.39 Å². The van der Waals surface area contributed by atoms with Crippen LogP contribution in [0, 0.1) is 5.92 Å². The Labute approximate surface area is 160 Å². The van der Waals surface area contributed by atoms with E-state index in [1.54, 1.807) is 0 Å². The molecule has 3 heterocycles. The first kappa shape index (κ1) is 17.8. The summed E-state index contributed by atoms with van der Waals surface area (Å²) in [5, 5.41) is 1.19. The molecule has 0 atom stereocenters. The molecule has 0 aliphatic carbocycles. The maximum Gasteiger partial charge on any atom is 0.242 e. The maximum atomic E-state index is 12.8. The monoisotopic (exact) mass is 364 g/mol. The van der Waals surface area contributed by atoms with Gasteiger partial charge >= 0.3 is 0 Å². The second kappa shape index (κ2) is 7.59. The second-order valence-corrected chi connectivity index (χ2v) is 7.92. The zero-order chi connectivity index (χ0) is 18.8. The molecule has 27 heavy (non-hydrogen) atoms. The highest BCUT2D eigenvalue weighted by Crippen LogP contribution is 2.22. The molecule has 5 nitrogen and oxygen atoms in total. The SMILES string of the molecule is CC(C)c1nccn1CC1CCN(C(=O)Cn2ccc3ccccc32)CC1. The van der Waals surface area contributed by atoms with E-state index >= 15 is 0 Å².